The summed E-state index contributed by atoms with van der Waals surface area (Å²) in [6.07, 6.45) is 2.90. The molecule has 0 aliphatic carbocycles. The Morgan fingerprint density at radius 1 is 0.625 bits per heavy atom. The third-order valence-corrected chi connectivity index (χ3v) is 6.68. The van der Waals surface area contributed by atoms with Crippen LogP contribution in [0.5, 0.6) is 0 Å². The number of fused-ring (bicyclic) bond motifs is 1. The largest absolute Gasteiger partial charge is 0.256 e. The van der Waals surface area contributed by atoms with Gasteiger partial charge in [-0.3, -0.25) is 4.98 Å². The third-order valence-electron chi connectivity index (χ3n) is 4.18. The van der Waals surface area contributed by atoms with E-state index in [2.05, 4.69) is 89.9 Å². The number of pyridine rings is 1. The molecule has 1 aromatic heterocycles. The minimum Gasteiger partial charge on any atom is -0.256 e. The topological polar surface area (TPSA) is 12.9 Å². The van der Waals surface area contributed by atoms with Gasteiger partial charge >= 0.3 is 0 Å². The van der Waals surface area contributed by atoms with E-state index in [0.29, 0.717) is 0 Å². The summed E-state index contributed by atoms with van der Waals surface area (Å²) in [7, 11) is -0.440. The highest BCUT2D eigenvalue weighted by Gasteiger charge is 2.15. The van der Waals surface area contributed by atoms with Crippen LogP contribution in [-0.4, -0.2) is 4.98 Å². The van der Waals surface area contributed by atoms with Crippen molar-refractivity contribution < 1.29 is 0 Å². The molecule has 1 heterocycles. The fourth-order valence-electron chi connectivity index (χ4n) is 3.01. The highest BCUT2D eigenvalue weighted by molar-refractivity contribution is 7.72. The first-order valence-electron chi connectivity index (χ1n) is 8.12. The zero-order valence-electron chi connectivity index (χ0n) is 13.3. The second-order valence-corrected chi connectivity index (χ2v) is 7.95. The van der Waals surface area contributed by atoms with E-state index in [1.54, 1.807) is 0 Å². The molecule has 4 rings (SSSR count). The van der Waals surface area contributed by atoms with Gasteiger partial charge in [-0.05, 0) is 30.2 Å². The molecule has 0 radical (unpaired) electrons. The summed E-state index contributed by atoms with van der Waals surface area (Å²) in [6, 6.07) is 32.3. The Hall–Kier alpha value is -2.50. The van der Waals surface area contributed by atoms with Crippen molar-refractivity contribution in [3.05, 3.63) is 103 Å². The minimum absolute atomic E-state index is 0.440. The lowest BCUT2D eigenvalue weighted by Crippen LogP contribution is -2.13. The van der Waals surface area contributed by atoms with Crippen LogP contribution in [0, 0.1) is 0 Å². The van der Waals surface area contributed by atoms with E-state index in [1.165, 1.54) is 21.6 Å². The molecule has 0 saturated heterocycles. The number of benzene rings is 3. The summed E-state index contributed by atoms with van der Waals surface area (Å²) in [5, 5.41) is 4.03. The van der Waals surface area contributed by atoms with Crippen LogP contribution in [0.1, 0.15) is 5.56 Å². The Bertz CT molecular complexity index is 891. The van der Waals surface area contributed by atoms with Crippen LogP contribution in [-0.2, 0) is 6.16 Å². The van der Waals surface area contributed by atoms with E-state index in [-0.39, 0.29) is 0 Å². The molecule has 0 unspecified atom stereocenters. The standard InChI is InChI=1S/C22H18NP/c1-3-12-20(13-4-1)24(21-14-5-2-6-15-21)17-19-10-7-9-18-11-8-16-23-22(18)19/h1-16H,17H2. The van der Waals surface area contributed by atoms with E-state index in [9.17, 15) is 0 Å². The van der Waals surface area contributed by atoms with Crippen LogP contribution in [0.2, 0.25) is 0 Å². The predicted octanol–water partition coefficient (Wildman–Crippen LogP) is 4.87. The molecular weight excluding hydrogens is 309 g/mol. The van der Waals surface area contributed by atoms with Crippen LogP contribution in [0.25, 0.3) is 10.9 Å². The van der Waals surface area contributed by atoms with Gasteiger partial charge in [0.25, 0.3) is 0 Å². The quantitative estimate of drug-likeness (QED) is 0.487. The molecular formula is C22H18NP. The van der Waals surface area contributed by atoms with Crippen molar-refractivity contribution in [2.24, 2.45) is 0 Å². The van der Waals surface area contributed by atoms with Gasteiger partial charge in [-0.1, -0.05) is 84.9 Å². The van der Waals surface area contributed by atoms with Crippen molar-refractivity contribution in [1.82, 2.24) is 4.98 Å². The molecule has 1 nitrogen and oxygen atoms in total. The Morgan fingerprint density at radius 2 is 1.25 bits per heavy atom. The average molecular weight is 327 g/mol. The van der Waals surface area contributed by atoms with E-state index in [1.807, 2.05) is 12.3 Å². The van der Waals surface area contributed by atoms with Crippen molar-refractivity contribution in [3.8, 4) is 0 Å². The SMILES string of the molecule is c1ccc(P(Cc2cccc3cccnc23)c2ccccc2)cc1. The monoisotopic (exact) mass is 327 g/mol. The molecule has 116 valence electrons. The maximum Gasteiger partial charge on any atom is 0.0737 e. The first-order valence-corrected chi connectivity index (χ1v) is 9.65. The minimum atomic E-state index is -0.440. The van der Waals surface area contributed by atoms with Crippen LogP contribution >= 0.6 is 7.92 Å². The molecule has 0 N–H and O–H groups in total. The summed E-state index contributed by atoms with van der Waals surface area (Å²) >= 11 is 0. The maximum atomic E-state index is 4.63. The number of aromatic nitrogens is 1. The van der Waals surface area contributed by atoms with E-state index >= 15 is 0 Å². The summed E-state index contributed by atoms with van der Waals surface area (Å²) in [6.45, 7) is 0. The van der Waals surface area contributed by atoms with Gasteiger partial charge in [0.1, 0.15) is 0 Å². The van der Waals surface area contributed by atoms with Gasteiger partial charge in [0, 0.05) is 17.7 Å². The van der Waals surface area contributed by atoms with Crippen LogP contribution < -0.4 is 10.6 Å². The number of rotatable bonds is 4. The average Bonchev–Trinajstić information content (AvgIpc) is 2.67. The van der Waals surface area contributed by atoms with Crippen LogP contribution in [0.4, 0.5) is 0 Å². The predicted molar refractivity (Wildman–Crippen MR) is 105 cm³/mol. The second-order valence-electron chi connectivity index (χ2n) is 5.75. The van der Waals surface area contributed by atoms with Gasteiger partial charge in [0.05, 0.1) is 5.52 Å². The molecule has 0 fully saturated rings. The second kappa shape index (κ2) is 6.95. The lowest BCUT2D eigenvalue weighted by molar-refractivity contribution is 1.34. The molecule has 0 aliphatic rings. The lowest BCUT2D eigenvalue weighted by atomic mass is 10.1. The first kappa shape index (κ1) is 15.1. The molecule has 0 saturated carbocycles. The van der Waals surface area contributed by atoms with E-state index < -0.39 is 7.92 Å². The van der Waals surface area contributed by atoms with Gasteiger partial charge < -0.3 is 0 Å². The fourth-order valence-corrected chi connectivity index (χ4v) is 5.34. The Labute approximate surface area is 143 Å². The third kappa shape index (κ3) is 3.09. The van der Waals surface area contributed by atoms with Gasteiger partial charge in [-0.25, -0.2) is 0 Å². The van der Waals surface area contributed by atoms with E-state index in [4.69, 9.17) is 0 Å². The Balaban J connectivity index is 1.80. The van der Waals surface area contributed by atoms with Crippen molar-refractivity contribution in [1.29, 1.82) is 0 Å². The fraction of sp³-hybridized carbons (Fsp3) is 0.0455. The number of hydrogen-bond donors (Lipinski definition) is 0. The highest BCUT2D eigenvalue weighted by atomic mass is 31.1. The molecule has 0 amide bonds. The van der Waals surface area contributed by atoms with Crippen molar-refractivity contribution in [3.63, 3.8) is 0 Å². The van der Waals surface area contributed by atoms with Gasteiger partial charge in [-0.2, -0.15) is 0 Å². The molecule has 0 bridgehead atoms. The first-order chi connectivity index (χ1) is 11.9. The molecule has 24 heavy (non-hydrogen) atoms. The van der Waals surface area contributed by atoms with Gasteiger partial charge in [0.15, 0.2) is 0 Å². The maximum absolute atomic E-state index is 4.63. The Kier molecular flexibility index (Phi) is 4.36. The highest BCUT2D eigenvalue weighted by Crippen LogP contribution is 2.39. The summed E-state index contributed by atoms with van der Waals surface area (Å²) < 4.78 is 0. The zero-order valence-corrected chi connectivity index (χ0v) is 14.2. The molecule has 2 heteroatoms. The van der Waals surface area contributed by atoms with Crippen LogP contribution in [0.3, 0.4) is 0 Å². The lowest BCUT2D eigenvalue weighted by Gasteiger charge is -2.19. The molecule has 3 aromatic carbocycles. The number of hydrogen-bond acceptors (Lipinski definition) is 1. The van der Waals surface area contributed by atoms with Crippen molar-refractivity contribution >= 4 is 29.4 Å². The summed E-state index contributed by atoms with van der Waals surface area (Å²) in [5.41, 5.74) is 2.45. The number of para-hydroxylation sites is 1. The zero-order chi connectivity index (χ0) is 16.2. The molecule has 0 aliphatic heterocycles. The van der Waals surface area contributed by atoms with Crippen molar-refractivity contribution in [2.75, 3.05) is 0 Å². The summed E-state index contributed by atoms with van der Waals surface area (Å²) in [4.78, 5) is 4.63. The normalized spacial score (nSPS) is 11.0. The van der Waals surface area contributed by atoms with Gasteiger partial charge in [-0.15, -0.1) is 0 Å². The smallest absolute Gasteiger partial charge is 0.0737 e. The molecule has 4 aromatic rings. The van der Waals surface area contributed by atoms with E-state index in [0.717, 1.165) is 11.7 Å². The number of nitrogens with zero attached hydrogens (tertiary/aromatic N) is 1. The molecule has 0 atom stereocenters. The Morgan fingerprint density at radius 3 is 1.92 bits per heavy atom. The molecule has 0 spiro atoms. The van der Waals surface area contributed by atoms with Crippen molar-refractivity contribution in [2.45, 2.75) is 6.16 Å². The van der Waals surface area contributed by atoms with Crippen LogP contribution in [0.15, 0.2) is 97.2 Å². The summed E-state index contributed by atoms with van der Waals surface area (Å²) in [5.74, 6) is 0. The van der Waals surface area contributed by atoms with Gasteiger partial charge in [0.2, 0.25) is 0 Å².